The molecule has 0 radical (unpaired) electrons. The Kier molecular flexibility index (Phi) is 3.60. The number of rotatable bonds is 3. The largest absolute Gasteiger partial charge is 0.333 e. The summed E-state index contributed by atoms with van der Waals surface area (Å²) in [4.78, 5) is 20.3. The summed E-state index contributed by atoms with van der Waals surface area (Å²) in [5.41, 5.74) is 1.02. The number of nitrogens with zero attached hydrogens (tertiary/aromatic N) is 4. The van der Waals surface area contributed by atoms with E-state index in [1.54, 1.807) is 23.3 Å². The minimum absolute atomic E-state index is 0.00181. The first-order chi connectivity index (χ1) is 8.13. The van der Waals surface area contributed by atoms with Gasteiger partial charge < -0.3 is 4.57 Å². The Bertz CT molecular complexity index is 587. The molecule has 0 bridgehead atoms. The van der Waals surface area contributed by atoms with E-state index in [4.69, 9.17) is 0 Å². The number of aromatic nitrogens is 4. The van der Waals surface area contributed by atoms with Crippen LogP contribution in [-0.2, 0) is 13.1 Å². The maximum Gasteiger partial charge on any atom is 0.267 e. The van der Waals surface area contributed by atoms with Gasteiger partial charge >= 0.3 is 0 Å². The number of halogens is 1. The van der Waals surface area contributed by atoms with Crippen LogP contribution in [0.25, 0.3) is 0 Å². The molecule has 0 fully saturated rings. The predicted molar refractivity (Wildman–Crippen MR) is 73.0 cm³/mol. The molecule has 90 valence electrons. The summed E-state index contributed by atoms with van der Waals surface area (Å²) in [5, 5.41) is 0. The predicted octanol–water partition coefficient (Wildman–Crippen LogP) is 1.42. The third-order valence-electron chi connectivity index (χ3n) is 2.66. The van der Waals surface area contributed by atoms with E-state index in [1.165, 1.54) is 0 Å². The van der Waals surface area contributed by atoms with Crippen LogP contribution >= 0.6 is 22.6 Å². The highest BCUT2D eigenvalue weighted by molar-refractivity contribution is 14.1. The van der Waals surface area contributed by atoms with E-state index < -0.39 is 0 Å². The quantitative estimate of drug-likeness (QED) is 0.792. The minimum atomic E-state index is 0.00181. The Morgan fingerprint density at radius 3 is 2.88 bits per heavy atom. The zero-order valence-corrected chi connectivity index (χ0v) is 11.9. The summed E-state index contributed by atoms with van der Waals surface area (Å²) in [5.74, 6) is 0.722. The summed E-state index contributed by atoms with van der Waals surface area (Å²) in [6.07, 6.45) is 5.16. The van der Waals surface area contributed by atoms with Gasteiger partial charge in [-0.3, -0.25) is 9.36 Å². The highest BCUT2D eigenvalue weighted by atomic mass is 127. The van der Waals surface area contributed by atoms with Crippen molar-refractivity contribution >= 4 is 22.6 Å². The van der Waals surface area contributed by atoms with Gasteiger partial charge in [0.1, 0.15) is 5.82 Å². The SMILES string of the molecule is CCn1cncc1Cn1c(C)ncc(I)c1=O. The molecule has 0 aliphatic rings. The second-order valence-electron chi connectivity index (χ2n) is 3.72. The molecule has 0 unspecified atom stereocenters. The Morgan fingerprint density at radius 1 is 1.41 bits per heavy atom. The van der Waals surface area contributed by atoms with Gasteiger partial charge in [0.25, 0.3) is 5.56 Å². The average molecular weight is 344 g/mol. The highest BCUT2D eigenvalue weighted by Gasteiger charge is 2.08. The maximum atomic E-state index is 12.0. The first-order valence-corrected chi connectivity index (χ1v) is 6.42. The molecule has 5 nitrogen and oxygen atoms in total. The fourth-order valence-corrected chi connectivity index (χ4v) is 2.09. The third kappa shape index (κ3) is 2.41. The van der Waals surface area contributed by atoms with Crippen molar-refractivity contribution in [1.82, 2.24) is 19.1 Å². The molecular formula is C11H13IN4O. The Morgan fingerprint density at radius 2 is 2.18 bits per heavy atom. The topological polar surface area (TPSA) is 52.7 Å². The summed E-state index contributed by atoms with van der Waals surface area (Å²) in [6, 6.07) is 0. The van der Waals surface area contributed by atoms with Crippen molar-refractivity contribution in [2.24, 2.45) is 0 Å². The summed E-state index contributed by atoms with van der Waals surface area (Å²) >= 11 is 2.01. The molecular weight excluding hydrogens is 331 g/mol. The van der Waals surface area contributed by atoms with E-state index in [9.17, 15) is 4.79 Å². The Balaban J connectivity index is 2.43. The fourth-order valence-electron chi connectivity index (χ4n) is 1.66. The molecule has 2 rings (SSSR count). The molecule has 2 aromatic heterocycles. The molecule has 0 spiro atoms. The van der Waals surface area contributed by atoms with Crippen LogP contribution < -0.4 is 5.56 Å². The van der Waals surface area contributed by atoms with E-state index in [2.05, 4.69) is 9.97 Å². The lowest BCUT2D eigenvalue weighted by Gasteiger charge is -2.10. The number of hydrogen-bond acceptors (Lipinski definition) is 3. The average Bonchev–Trinajstić information content (AvgIpc) is 2.77. The van der Waals surface area contributed by atoms with Crippen LogP contribution in [0.4, 0.5) is 0 Å². The fraction of sp³-hybridized carbons (Fsp3) is 0.364. The molecule has 2 heterocycles. The van der Waals surface area contributed by atoms with E-state index in [0.717, 1.165) is 18.1 Å². The van der Waals surface area contributed by atoms with Gasteiger partial charge in [0, 0.05) is 18.9 Å². The van der Waals surface area contributed by atoms with Crippen LogP contribution in [0.15, 0.2) is 23.5 Å². The molecule has 0 N–H and O–H groups in total. The van der Waals surface area contributed by atoms with Crippen molar-refractivity contribution in [3.05, 3.63) is 44.2 Å². The first kappa shape index (κ1) is 12.3. The molecule has 0 saturated carbocycles. The van der Waals surface area contributed by atoms with Crippen LogP contribution in [0.1, 0.15) is 18.4 Å². The third-order valence-corrected chi connectivity index (χ3v) is 3.40. The molecule has 0 aliphatic carbocycles. The van der Waals surface area contributed by atoms with Gasteiger partial charge in [-0.15, -0.1) is 0 Å². The van der Waals surface area contributed by atoms with Gasteiger partial charge in [-0.05, 0) is 36.4 Å². The summed E-state index contributed by atoms with van der Waals surface area (Å²) in [7, 11) is 0. The van der Waals surface area contributed by atoms with E-state index in [0.29, 0.717) is 10.1 Å². The lowest BCUT2D eigenvalue weighted by molar-refractivity contribution is 0.630. The van der Waals surface area contributed by atoms with Crippen molar-refractivity contribution in [1.29, 1.82) is 0 Å². The van der Waals surface area contributed by atoms with Gasteiger partial charge in [0.05, 0.1) is 22.1 Å². The van der Waals surface area contributed by atoms with Crippen molar-refractivity contribution in [3.8, 4) is 0 Å². The molecule has 0 amide bonds. The molecule has 17 heavy (non-hydrogen) atoms. The molecule has 0 saturated heterocycles. The molecule has 2 aromatic rings. The van der Waals surface area contributed by atoms with Gasteiger partial charge in [0.2, 0.25) is 0 Å². The van der Waals surface area contributed by atoms with Crippen LogP contribution in [0.2, 0.25) is 0 Å². The van der Waals surface area contributed by atoms with Gasteiger partial charge in [-0.1, -0.05) is 0 Å². The zero-order valence-electron chi connectivity index (χ0n) is 9.72. The lowest BCUT2D eigenvalue weighted by Crippen LogP contribution is -2.26. The smallest absolute Gasteiger partial charge is 0.267 e. The number of hydrogen-bond donors (Lipinski definition) is 0. The molecule has 0 aromatic carbocycles. The van der Waals surface area contributed by atoms with Crippen LogP contribution in [0.5, 0.6) is 0 Å². The monoisotopic (exact) mass is 344 g/mol. The van der Waals surface area contributed by atoms with Crippen molar-refractivity contribution in [3.63, 3.8) is 0 Å². The number of aryl methyl sites for hydroxylation is 2. The highest BCUT2D eigenvalue weighted by Crippen LogP contribution is 2.04. The van der Waals surface area contributed by atoms with Crippen LogP contribution in [0.3, 0.4) is 0 Å². The summed E-state index contributed by atoms with van der Waals surface area (Å²) in [6.45, 7) is 5.25. The van der Waals surface area contributed by atoms with E-state index >= 15 is 0 Å². The second kappa shape index (κ2) is 4.99. The Hall–Kier alpha value is -1.18. The zero-order chi connectivity index (χ0) is 12.4. The molecule has 6 heteroatoms. The normalized spacial score (nSPS) is 10.8. The van der Waals surface area contributed by atoms with Crippen LogP contribution in [0, 0.1) is 10.5 Å². The van der Waals surface area contributed by atoms with Gasteiger partial charge in [-0.25, -0.2) is 9.97 Å². The molecule has 0 aliphatic heterocycles. The van der Waals surface area contributed by atoms with Crippen molar-refractivity contribution in [2.75, 3.05) is 0 Å². The number of imidazole rings is 1. The second-order valence-corrected chi connectivity index (χ2v) is 4.88. The first-order valence-electron chi connectivity index (χ1n) is 5.34. The van der Waals surface area contributed by atoms with Crippen LogP contribution in [-0.4, -0.2) is 19.1 Å². The van der Waals surface area contributed by atoms with Gasteiger partial charge in [0.15, 0.2) is 0 Å². The molecule has 0 atom stereocenters. The standard InChI is InChI=1S/C11H13IN4O/c1-3-15-7-13-4-9(15)6-16-8(2)14-5-10(12)11(16)17/h4-5,7H,3,6H2,1-2H3. The van der Waals surface area contributed by atoms with Gasteiger partial charge in [-0.2, -0.15) is 0 Å². The van der Waals surface area contributed by atoms with E-state index in [1.807, 2.05) is 41.0 Å². The van der Waals surface area contributed by atoms with Crippen molar-refractivity contribution in [2.45, 2.75) is 26.9 Å². The minimum Gasteiger partial charge on any atom is -0.333 e. The van der Waals surface area contributed by atoms with E-state index in [-0.39, 0.29) is 5.56 Å². The van der Waals surface area contributed by atoms with Crippen molar-refractivity contribution < 1.29 is 0 Å². The maximum absolute atomic E-state index is 12.0. The Labute approximate surface area is 113 Å². The lowest BCUT2D eigenvalue weighted by atomic mass is 10.4. The summed E-state index contributed by atoms with van der Waals surface area (Å²) < 4.78 is 4.33.